The molecule has 0 spiro atoms. The smallest absolute Gasteiger partial charge is 0.419 e. The number of ether oxygens (including phenoxy) is 1. The number of hydrogen-bond donors (Lipinski definition) is 0. The van der Waals surface area contributed by atoms with E-state index in [0.717, 1.165) is 6.07 Å². The van der Waals surface area contributed by atoms with Crippen molar-refractivity contribution in [1.29, 1.82) is 0 Å². The minimum atomic E-state index is -4.42. The molecule has 0 bridgehead atoms. The quantitative estimate of drug-likeness (QED) is 0.736. The summed E-state index contributed by atoms with van der Waals surface area (Å²) in [5.41, 5.74) is -1.61. The van der Waals surface area contributed by atoms with Crippen LogP contribution in [0.15, 0.2) is 24.3 Å². The largest absolute Gasteiger partial charge is 0.486 e. The maximum Gasteiger partial charge on any atom is 0.419 e. The second-order valence-electron chi connectivity index (χ2n) is 3.99. The predicted octanol–water partition coefficient (Wildman–Crippen LogP) is 4.10. The monoisotopic (exact) mass is 252 g/mol. The molecular formula is C11H12ClF3O. The van der Waals surface area contributed by atoms with Crippen LogP contribution in [0.4, 0.5) is 13.2 Å². The molecule has 1 nitrogen and oxygen atoms in total. The zero-order valence-electron chi connectivity index (χ0n) is 8.94. The highest BCUT2D eigenvalue weighted by Gasteiger charge is 2.35. The molecule has 0 aliphatic rings. The van der Waals surface area contributed by atoms with Gasteiger partial charge in [0.2, 0.25) is 0 Å². The molecule has 0 atom stereocenters. The van der Waals surface area contributed by atoms with E-state index in [1.807, 2.05) is 0 Å². The summed E-state index contributed by atoms with van der Waals surface area (Å²) < 4.78 is 43.1. The van der Waals surface area contributed by atoms with Gasteiger partial charge < -0.3 is 4.74 Å². The van der Waals surface area contributed by atoms with E-state index in [0.29, 0.717) is 0 Å². The molecule has 0 N–H and O–H groups in total. The van der Waals surface area contributed by atoms with Crippen LogP contribution in [0.25, 0.3) is 0 Å². The summed E-state index contributed by atoms with van der Waals surface area (Å²) >= 11 is 5.60. The number of hydrogen-bond acceptors (Lipinski definition) is 1. The third kappa shape index (κ3) is 3.30. The first-order valence-electron chi connectivity index (χ1n) is 4.67. The van der Waals surface area contributed by atoms with Gasteiger partial charge in [0, 0.05) is 0 Å². The fraction of sp³-hybridized carbons (Fsp3) is 0.455. The van der Waals surface area contributed by atoms with Gasteiger partial charge in [-0.25, -0.2) is 0 Å². The summed E-state index contributed by atoms with van der Waals surface area (Å²) in [6.07, 6.45) is -4.42. The van der Waals surface area contributed by atoms with E-state index >= 15 is 0 Å². The van der Waals surface area contributed by atoms with Crippen molar-refractivity contribution in [3.8, 4) is 5.75 Å². The molecular weight excluding hydrogens is 241 g/mol. The molecule has 0 heterocycles. The average Bonchev–Trinajstić information content (AvgIpc) is 2.16. The van der Waals surface area contributed by atoms with Crippen molar-refractivity contribution in [2.75, 3.05) is 5.88 Å². The van der Waals surface area contributed by atoms with Gasteiger partial charge in [0.25, 0.3) is 0 Å². The Morgan fingerprint density at radius 1 is 1.19 bits per heavy atom. The topological polar surface area (TPSA) is 9.23 Å². The Labute approximate surface area is 97.2 Å². The fourth-order valence-corrected chi connectivity index (χ4v) is 1.17. The standard InChI is InChI=1S/C11H12ClF3O/c1-10(2,7-12)16-9-6-4-3-5-8(9)11(13,14)15/h3-6H,7H2,1-2H3. The first-order chi connectivity index (χ1) is 7.26. The first kappa shape index (κ1) is 13.2. The van der Waals surface area contributed by atoms with E-state index < -0.39 is 17.3 Å². The van der Waals surface area contributed by atoms with E-state index in [1.165, 1.54) is 18.2 Å². The van der Waals surface area contributed by atoms with Crippen molar-refractivity contribution in [2.45, 2.75) is 25.6 Å². The number of halogens is 4. The SMILES string of the molecule is CC(C)(CCl)Oc1ccccc1C(F)(F)F. The first-order valence-corrected chi connectivity index (χ1v) is 5.21. The number of para-hydroxylation sites is 1. The van der Waals surface area contributed by atoms with Crippen LogP contribution in [0.2, 0.25) is 0 Å². The molecule has 0 saturated carbocycles. The van der Waals surface area contributed by atoms with Gasteiger partial charge in [0.05, 0.1) is 11.4 Å². The lowest BCUT2D eigenvalue weighted by Gasteiger charge is -2.25. The van der Waals surface area contributed by atoms with E-state index in [1.54, 1.807) is 13.8 Å². The number of benzene rings is 1. The number of rotatable bonds is 3. The summed E-state index contributed by atoms with van der Waals surface area (Å²) in [5.74, 6) is -0.0835. The Morgan fingerprint density at radius 3 is 2.25 bits per heavy atom. The van der Waals surface area contributed by atoms with E-state index in [9.17, 15) is 13.2 Å². The third-order valence-corrected chi connectivity index (χ3v) is 2.54. The summed E-state index contributed by atoms with van der Waals surface area (Å²) in [6.45, 7) is 3.26. The molecule has 0 aromatic heterocycles. The van der Waals surface area contributed by atoms with Gasteiger partial charge >= 0.3 is 6.18 Å². The van der Waals surface area contributed by atoms with Crippen LogP contribution in [0, 0.1) is 0 Å². The van der Waals surface area contributed by atoms with Gasteiger partial charge in [-0.15, -0.1) is 11.6 Å². The summed E-state index contributed by atoms with van der Waals surface area (Å²) in [4.78, 5) is 0. The minimum Gasteiger partial charge on any atom is -0.486 e. The Hall–Kier alpha value is -0.900. The van der Waals surface area contributed by atoms with Gasteiger partial charge in [0.15, 0.2) is 0 Å². The lowest BCUT2D eigenvalue weighted by molar-refractivity contribution is -0.139. The van der Waals surface area contributed by atoms with Crippen LogP contribution in [0.3, 0.4) is 0 Å². The van der Waals surface area contributed by atoms with Gasteiger partial charge in [-0.1, -0.05) is 12.1 Å². The van der Waals surface area contributed by atoms with Crippen molar-refractivity contribution in [3.05, 3.63) is 29.8 Å². The van der Waals surface area contributed by atoms with Crippen molar-refractivity contribution >= 4 is 11.6 Å². The van der Waals surface area contributed by atoms with Crippen LogP contribution in [0.5, 0.6) is 5.75 Å². The molecule has 0 amide bonds. The maximum atomic E-state index is 12.6. The van der Waals surface area contributed by atoms with Crippen molar-refractivity contribution in [1.82, 2.24) is 0 Å². The molecule has 0 aliphatic carbocycles. The van der Waals surface area contributed by atoms with Gasteiger partial charge in [-0.3, -0.25) is 0 Å². The fourth-order valence-electron chi connectivity index (χ4n) is 1.11. The molecule has 0 radical (unpaired) electrons. The second kappa shape index (κ2) is 4.53. The maximum absolute atomic E-state index is 12.6. The molecule has 1 rings (SSSR count). The van der Waals surface area contributed by atoms with E-state index in [2.05, 4.69) is 0 Å². The van der Waals surface area contributed by atoms with E-state index in [-0.39, 0.29) is 11.6 Å². The van der Waals surface area contributed by atoms with Crippen molar-refractivity contribution < 1.29 is 17.9 Å². The van der Waals surface area contributed by atoms with Crippen LogP contribution in [-0.2, 0) is 6.18 Å². The molecule has 5 heteroatoms. The Morgan fingerprint density at radius 2 is 1.75 bits per heavy atom. The van der Waals surface area contributed by atoms with Crippen molar-refractivity contribution in [2.24, 2.45) is 0 Å². The molecule has 1 aromatic carbocycles. The minimum absolute atomic E-state index is 0.110. The highest BCUT2D eigenvalue weighted by Crippen LogP contribution is 2.37. The zero-order valence-corrected chi connectivity index (χ0v) is 9.69. The zero-order chi connectivity index (χ0) is 12.4. The molecule has 1 aromatic rings. The van der Waals surface area contributed by atoms with E-state index in [4.69, 9.17) is 16.3 Å². The second-order valence-corrected chi connectivity index (χ2v) is 4.26. The summed E-state index contributed by atoms with van der Waals surface area (Å²) in [7, 11) is 0. The molecule has 90 valence electrons. The molecule has 16 heavy (non-hydrogen) atoms. The third-order valence-electron chi connectivity index (χ3n) is 1.90. The summed E-state index contributed by atoms with van der Waals surface area (Å²) in [6, 6.07) is 5.09. The molecule has 0 saturated heterocycles. The van der Waals surface area contributed by atoms with Crippen LogP contribution in [0.1, 0.15) is 19.4 Å². The highest BCUT2D eigenvalue weighted by atomic mass is 35.5. The molecule has 0 unspecified atom stereocenters. The van der Waals surface area contributed by atoms with Crippen LogP contribution in [-0.4, -0.2) is 11.5 Å². The van der Waals surface area contributed by atoms with Crippen molar-refractivity contribution in [3.63, 3.8) is 0 Å². The Balaban J connectivity index is 3.06. The lowest BCUT2D eigenvalue weighted by Crippen LogP contribution is -2.31. The Bertz CT molecular complexity index is 360. The predicted molar refractivity (Wildman–Crippen MR) is 56.9 cm³/mol. The summed E-state index contributed by atoms with van der Waals surface area (Å²) in [5, 5.41) is 0. The van der Waals surface area contributed by atoms with Gasteiger partial charge in [-0.2, -0.15) is 13.2 Å². The average molecular weight is 253 g/mol. The molecule has 0 fully saturated rings. The normalized spacial score (nSPS) is 12.6. The Kier molecular flexibility index (Phi) is 3.73. The van der Waals surface area contributed by atoms with Crippen LogP contribution >= 0.6 is 11.6 Å². The number of alkyl halides is 4. The lowest BCUT2D eigenvalue weighted by atomic mass is 10.1. The highest BCUT2D eigenvalue weighted by molar-refractivity contribution is 6.18. The molecule has 0 aliphatic heterocycles. The van der Waals surface area contributed by atoms with Gasteiger partial charge in [0.1, 0.15) is 11.4 Å². The van der Waals surface area contributed by atoms with Crippen LogP contribution < -0.4 is 4.74 Å². The van der Waals surface area contributed by atoms with Gasteiger partial charge in [-0.05, 0) is 26.0 Å².